The highest BCUT2D eigenvalue weighted by atomic mass is 32.2. The highest BCUT2D eigenvalue weighted by Gasteiger charge is 2.32. The number of halogens is 3. The van der Waals surface area contributed by atoms with Gasteiger partial charge in [-0.2, -0.15) is 18.3 Å². The monoisotopic (exact) mass is 437 g/mol. The van der Waals surface area contributed by atoms with Crippen LogP contribution in [0.25, 0.3) is 28.4 Å². The molecule has 13 heteroatoms. The lowest BCUT2D eigenvalue weighted by Gasteiger charge is -2.10. The molecule has 0 amide bonds. The van der Waals surface area contributed by atoms with Gasteiger partial charge in [-0.3, -0.25) is 0 Å². The molecular formula is C17H14F3N7O2S. The van der Waals surface area contributed by atoms with Crippen molar-refractivity contribution in [3.8, 4) is 17.2 Å². The molecule has 4 rings (SSSR count). The molecule has 4 heterocycles. The van der Waals surface area contributed by atoms with Crippen LogP contribution in [0.1, 0.15) is 12.5 Å². The van der Waals surface area contributed by atoms with Gasteiger partial charge >= 0.3 is 6.18 Å². The number of imidazole rings is 1. The summed E-state index contributed by atoms with van der Waals surface area (Å²) in [6.07, 6.45) is 0.187. The van der Waals surface area contributed by atoms with Crippen LogP contribution < -0.4 is 0 Å². The standard InChI is InChI=1S/C17H14F3N7O2S/c1-3-30(28,29)13-5-11(27-9-21-8-24-27)7-22-14(13)16-25-12-4-10(17(18,19)20)6-23-15(12)26(16)2/h4-9H,3H2,1-2H3. The molecule has 0 N–H and O–H groups in total. The fourth-order valence-electron chi connectivity index (χ4n) is 2.90. The number of nitrogens with zero attached hydrogens (tertiary/aromatic N) is 7. The number of pyridine rings is 2. The Bertz CT molecular complexity index is 1350. The highest BCUT2D eigenvalue weighted by Crippen LogP contribution is 2.33. The van der Waals surface area contributed by atoms with Gasteiger partial charge in [-0.15, -0.1) is 0 Å². The second-order valence-corrected chi connectivity index (χ2v) is 8.59. The predicted molar refractivity (Wildman–Crippen MR) is 99.4 cm³/mol. The van der Waals surface area contributed by atoms with E-state index in [1.807, 2.05) is 0 Å². The number of aryl methyl sites for hydroxylation is 1. The van der Waals surface area contributed by atoms with Crippen LogP contribution in [0.2, 0.25) is 0 Å². The Hall–Kier alpha value is -3.35. The first-order valence-corrected chi connectivity index (χ1v) is 10.2. The van der Waals surface area contributed by atoms with Crippen molar-refractivity contribution >= 4 is 21.0 Å². The zero-order chi connectivity index (χ0) is 21.7. The molecule has 4 aromatic rings. The summed E-state index contributed by atoms with van der Waals surface area (Å²) in [6.45, 7) is 1.48. The Morgan fingerprint density at radius 2 is 1.90 bits per heavy atom. The Labute approximate surface area is 168 Å². The van der Waals surface area contributed by atoms with Gasteiger partial charge in [-0.05, 0) is 12.1 Å². The average molecular weight is 437 g/mol. The highest BCUT2D eigenvalue weighted by molar-refractivity contribution is 7.91. The van der Waals surface area contributed by atoms with Crippen molar-refractivity contribution in [1.82, 2.24) is 34.3 Å². The van der Waals surface area contributed by atoms with E-state index in [1.165, 1.54) is 48.1 Å². The van der Waals surface area contributed by atoms with Gasteiger partial charge < -0.3 is 4.57 Å². The SMILES string of the molecule is CCS(=O)(=O)c1cc(-n2cncn2)cnc1-c1nc2cc(C(F)(F)F)cnc2n1C. The number of rotatable bonds is 4. The molecule has 156 valence electrons. The number of hydrogen-bond donors (Lipinski definition) is 0. The van der Waals surface area contributed by atoms with E-state index in [1.54, 1.807) is 0 Å². The van der Waals surface area contributed by atoms with Gasteiger partial charge in [-0.25, -0.2) is 33.0 Å². The van der Waals surface area contributed by atoms with E-state index in [2.05, 4.69) is 25.0 Å². The maximum atomic E-state index is 13.0. The number of alkyl halides is 3. The van der Waals surface area contributed by atoms with Crippen LogP contribution in [-0.4, -0.2) is 48.5 Å². The maximum absolute atomic E-state index is 13.0. The molecule has 9 nitrogen and oxygen atoms in total. The molecule has 0 fully saturated rings. The molecule has 0 saturated heterocycles. The lowest BCUT2D eigenvalue weighted by Crippen LogP contribution is -2.10. The number of fused-ring (bicyclic) bond motifs is 1. The summed E-state index contributed by atoms with van der Waals surface area (Å²) in [5.74, 6) is -0.128. The zero-order valence-electron chi connectivity index (χ0n) is 15.7. The summed E-state index contributed by atoms with van der Waals surface area (Å²) in [5, 5.41) is 3.96. The summed E-state index contributed by atoms with van der Waals surface area (Å²) in [4.78, 5) is 16.0. The summed E-state index contributed by atoms with van der Waals surface area (Å²) in [7, 11) is -2.23. The molecule has 0 radical (unpaired) electrons. The van der Waals surface area contributed by atoms with Crippen molar-refractivity contribution in [2.45, 2.75) is 18.0 Å². The second-order valence-electron chi connectivity index (χ2n) is 6.34. The third-order valence-corrected chi connectivity index (χ3v) is 6.23. The van der Waals surface area contributed by atoms with Crippen LogP contribution in [0.15, 0.2) is 42.1 Å². The lowest BCUT2D eigenvalue weighted by molar-refractivity contribution is -0.137. The van der Waals surface area contributed by atoms with Crippen molar-refractivity contribution < 1.29 is 21.6 Å². The van der Waals surface area contributed by atoms with Gasteiger partial charge in [0, 0.05) is 13.2 Å². The van der Waals surface area contributed by atoms with E-state index in [-0.39, 0.29) is 33.3 Å². The molecule has 0 aliphatic heterocycles. The van der Waals surface area contributed by atoms with E-state index >= 15 is 0 Å². The lowest BCUT2D eigenvalue weighted by atomic mass is 10.2. The quantitative estimate of drug-likeness (QED) is 0.482. The summed E-state index contributed by atoms with van der Waals surface area (Å²) < 4.78 is 67.3. The predicted octanol–water partition coefficient (Wildman–Crippen LogP) is 2.42. The fraction of sp³-hybridized carbons (Fsp3) is 0.235. The Kier molecular flexibility index (Phi) is 4.56. The first-order chi connectivity index (χ1) is 14.1. The van der Waals surface area contributed by atoms with E-state index < -0.39 is 21.6 Å². The molecule has 0 saturated carbocycles. The van der Waals surface area contributed by atoms with E-state index in [0.717, 1.165) is 6.07 Å². The summed E-state index contributed by atoms with van der Waals surface area (Å²) in [5.41, 5.74) is -0.436. The number of sulfone groups is 1. The molecule has 0 bridgehead atoms. The molecule has 0 aliphatic rings. The molecule has 4 aromatic heterocycles. The summed E-state index contributed by atoms with van der Waals surface area (Å²) in [6, 6.07) is 2.24. The van der Waals surface area contributed by atoms with Crippen LogP contribution in [0.5, 0.6) is 0 Å². The van der Waals surface area contributed by atoms with Crippen LogP contribution in [-0.2, 0) is 23.1 Å². The van der Waals surface area contributed by atoms with Crippen molar-refractivity contribution in [3.63, 3.8) is 0 Å². The first kappa shape index (κ1) is 19.9. The third kappa shape index (κ3) is 3.30. The zero-order valence-corrected chi connectivity index (χ0v) is 16.5. The Morgan fingerprint density at radius 3 is 2.53 bits per heavy atom. The normalized spacial score (nSPS) is 12.6. The van der Waals surface area contributed by atoms with Crippen LogP contribution in [0, 0.1) is 0 Å². The van der Waals surface area contributed by atoms with Gasteiger partial charge in [0.25, 0.3) is 0 Å². The van der Waals surface area contributed by atoms with Crippen LogP contribution >= 0.6 is 0 Å². The van der Waals surface area contributed by atoms with E-state index in [0.29, 0.717) is 11.9 Å². The third-order valence-electron chi connectivity index (χ3n) is 4.48. The molecule has 0 aliphatic carbocycles. The van der Waals surface area contributed by atoms with Gasteiger partial charge in [0.2, 0.25) is 0 Å². The van der Waals surface area contributed by atoms with Gasteiger partial charge in [0.05, 0.1) is 28.1 Å². The molecule has 0 unspecified atom stereocenters. The number of hydrogen-bond acceptors (Lipinski definition) is 7. The number of aromatic nitrogens is 7. The largest absolute Gasteiger partial charge is 0.417 e. The van der Waals surface area contributed by atoms with Crippen molar-refractivity contribution in [3.05, 3.63) is 42.7 Å². The molecular weight excluding hydrogens is 423 g/mol. The van der Waals surface area contributed by atoms with Gasteiger partial charge in [-0.1, -0.05) is 6.92 Å². The minimum absolute atomic E-state index is 0.00905. The molecule has 30 heavy (non-hydrogen) atoms. The molecule has 0 spiro atoms. The van der Waals surface area contributed by atoms with Crippen molar-refractivity contribution in [2.24, 2.45) is 7.05 Å². The fourth-order valence-corrected chi connectivity index (χ4v) is 3.95. The van der Waals surface area contributed by atoms with E-state index in [4.69, 9.17) is 0 Å². The molecule has 0 atom stereocenters. The minimum Gasteiger partial charge on any atom is -0.310 e. The maximum Gasteiger partial charge on any atom is 0.417 e. The summed E-state index contributed by atoms with van der Waals surface area (Å²) >= 11 is 0. The average Bonchev–Trinajstić information content (AvgIpc) is 3.35. The molecule has 0 aromatic carbocycles. The van der Waals surface area contributed by atoms with Crippen LogP contribution in [0.3, 0.4) is 0 Å². The second kappa shape index (κ2) is 6.86. The minimum atomic E-state index is -4.58. The Balaban J connectivity index is 1.95. The van der Waals surface area contributed by atoms with E-state index in [9.17, 15) is 21.6 Å². The van der Waals surface area contributed by atoms with Gasteiger partial charge in [0.1, 0.15) is 23.9 Å². The van der Waals surface area contributed by atoms with Gasteiger partial charge in [0.15, 0.2) is 21.3 Å². The first-order valence-electron chi connectivity index (χ1n) is 8.59. The Morgan fingerprint density at radius 1 is 1.13 bits per heavy atom. The van der Waals surface area contributed by atoms with Crippen LogP contribution in [0.4, 0.5) is 13.2 Å². The van der Waals surface area contributed by atoms with Crippen molar-refractivity contribution in [2.75, 3.05) is 5.75 Å². The topological polar surface area (TPSA) is 108 Å². The van der Waals surface area contributed by atoms with Crippen molar-refractivity contribution in [1.29, 1.82) is 0 Å². The smallest absolute Gasteiger partial charge is 0.310 e.